The predicted molar refractivity (Wildman–Crippen MR) is 39.9 cm³/mol. The minimum Gasteiger partial charge on any atom is -0.355 e. The fourth-order valence-corrected chi connectivity index (χ4v) is 1.00. The maximum Gasteiger partial charge on any atom is 0.244 e. The first-order valence-electron chi connectivity index (χ1n) is 3.71. The molecule has 1 fully saturated rings. The van der Waals surface area contributed by atoms with Crippen molar-refractivity contribution in [3.8, 4) is 0 Å². The molecular weight excluding hydrogens is 144 g/mol. The summed E-state index contributed by atoms with van der Waals surface area (Å²) in [5, 5.41) is 2.66. The summed E-state index contributed by atoms with van der Waals surface area (Å²) in [7, 11) is 0. The maximum absolute atomic E-state index is 11.0. The molecule has 0 spiro atoms. The highest BCUT2D eigenvalue weighted by atomic mass is 16.2. The van der Waals surface area contributed by atoms with E-state index in [0.29, 0.717) is 13.1 Å². The summed E-state index contributed by atoms with van der Waals surface area (Å²) in [5.74, 6) is -0.0658. The lowest BCUT2D eigenvalue weighted by molar-refractivity contribution is -0.128. The van der Waals surface area contributed by atoms with Gasteiger partial charge in [0.25, 0.3) is 0 Å². The van der Waals surface area contributed by atoms with Crippen LogP contribution in [-0.2, 0) is 9.59 Å². The van der Waals surface area contributed by atoms with Gasteiger partial charge in [0.05, 0.1) is 6.54 Å². The van der Waals surface area contributed by atoms with Crippen LogP contribution < -0.4 is 5.32 Å². The molecular formula is C7H12N2O2. The average Bonchev–Trinajstić information content (AvgIpc) is 2.65. The van der Waals surface area contributed by atoms with Crippen LogP contribution in [0.4, 0.5) is 0 Å². The number of hydrogen-bond acceptors (Lipinski definition) is 2. The lowest BCUT2D eigenvalue weighted by atomic mass is 10.4. The van der Waals surface area contributed by atoms with Crippen molar-refractivity contribution in [1.82, 2.24) is 10.2 Å². The van der Waals surface area contributed by atoms with Crippen LogP contribution in [0.1, 0.15) is 13.8 Å². The highest BCUT2D eigenvalue weighted by Gasteiger charge is 2.41. The minimum atomic E-state index is -0.188. The van der Waals surface area contributed by atoms with Gasteiger partial charge in [0.1, 0.15) is 6.04 Å². The first kappa shape index (κ1) is 8.04. The number of hydrogen-bond donors (Lipinski definition) is 1. The van der Waals surface area contributed by atoms with Crippen molar-refractivity contribution in [2.24, 2.45) is 0 Å². The summed E-state index contributed by atoms with van der Waals surface area (Å²) in [4.78, 5) is 23.2. The van der Waals surface area contributed by atoms with E-state index in [9.17, 15) is 9.59 Å². The molecule has 0 aliphatic carbocycles. The Kier molecular flexibility index (Phi) is 2.12. The summed E-state index contributed by atoms with van der Waals surface area (Å²) in [6.45, 7) is 4.54. The first-order chi connectivity index (χ1) is 5.16. The van der Waals surface area contributed by atoms with Gasteiger partial charge in [-0.05, 0) is 6.92 Å². The molecule has 1 aliphatic heterocycles. The molecule has 1 N–H and O–H groups in total. The number of carbonyl (C=O) groups excluding carboxylic acids is 2. The zero-order valence-electron chi connectivity index (χ0n) is 6.76. The summed E-state index contributed by atoms with van der Waals surface area (Å²) in [6.07, 6.45) is 0. The average molecular weight is 156 g/mol. The van der Waals surface area contributed by atoms with E-state index in [1.807, 2.05) is 6.92 Å². The molecule has 2 amide bonds. The van der Waals surface area contributed by atoms with Crippen LogP contribution in [-0.4, -0.2) is 35.8 Å². The van der Waals surface area contributed by atoms with Crippen molar-refractivity contribution in [3.05, 3.63) is 0 Å². The third-order valence-electron chi connectivity index (χ3n) is 1.67. The van der Waals surface area contributed by atoms with Crippen molar-refractivity contribution in [2.45, 2.75) is 19.9 Å². The minimum absolute atomic E-state index is 0.0266. The van der Waals surface area contributed by atoms with Crippen LogP contribution in [0.2, 0.25) is 0 Å². The molecule has 62 valence electrons. The van der Waals surface area contributed by atoms with Crippen molar-refractivity contribution in [3.63, 3.8) is 0 Å². The van der Waals surface area contributed by atoms with E-state index in [2.05, 4.69) is 5.32 Å². The van der Waals surface area contributed by atoms with Crippen LogP contribution in [0.5, 0.6) is 0 Å². The summed E-state index contributed by atoms with van der Waals surface area (Å²) >= 11 is 0. The van der Waals surface area contributed by atoms with E-state index in [1.54, 1.807) is 0 Å². The second kappa shape index (κ2) is 2.90. The predicted octanol–water partition coefficient (Wildman–Crippen LogP) is -0.647. The van der Waals surface area contributed by atoms with E-state index >= 15 is 0 Å². The molecule has 1 saturated heterocycles. The summed E-state index contributed by atoms with van der Waals surface area (Å²) in [6, 6.07) is -0.188. The van der Waals surface area contributed by atoms with Gasteiger partial charge in [-0.1, -0.05) is 0 Å². The molecule has 0 saturated carbocycles. The van der Waals surface area contributed by atoms with Gasteiger partial charge in [-0.25, -0.2) is 0 Å². The molecule has 0 radical (unpaired) electrons. The van der Waals surface area contributed by atoms with Crippen molar-refractivity contribution < 1.29 is 9.59 Å². The van der Waals surface area contributed by atoms with E-state index in [4.69, 9.17) is 0 Å². The number of nitrogens with zero attached hydrogens (tertiary/aromatic N) is 1. The fraction of sp³-hybridized carbons (Fsp3) is 0.714. The third kappa shape index (κ3) is 1.69. The van der Waals surface area contributed by atoms with Crippen molar-refractivity contribution >= 4 is 11.8 Å². The largest absolute Gasteiger partial charge is 0.355 e. The second-order valence-corrected chi connectivity index (χ2v) is 2.58. The third-order valence-corrected chi connectivity index (χ3v) is 1.67. The van der Waals surface area contributed by atoms with Crippen LogP contribution in [0.3, 0.4) is 0 Å². The molecule has 0 aromatic heterocycles. The van der Waals surface area contributed by atoms with E-state index < -0.39 is 0 Å². The molecule has 1 atom stereocenters. The Morgan fingerprint density at radius 1 is 1.64 bits per heavy atom. The molecule has 1 rings (SSSR count). The van der Waals surface area contributed by atoms with Gasteiger partial charge in [0, 0.05) is 13.5 Å². The molecule has 0 aromatic rings. The van der Waals surface area contributed by atoms with Gasteiger partial charge in [-0.15, -0.1) is 0 Å². The Morgan fingerprint density at radius 2 is 2.27 bits per heavy atom. The fourth-order valence-electron chi connectivity index (χ4n) is 1.00. The van der Waals surface area contributed by atoms with Crippen LogP contribution in [0.15, 0.2) is 0 Å². The van der Waals surface area contributed by atoms with E-state index in [1.165, 1.54) is 11.8 Å². The van der Waals surface area contributed by atoms with Gasteiger partial charge >= 0.3 is 0 Å². The zero-order valence-corrected chi connectivity index (χ0v) is 6.76. The van der Waals surface area contributed by atoms with Crippen LogP contribution in [0.25, 0.3) is 0 Å². The molecule has 1 unspecified atom stereocenters. The SMILES string of the molecule is CCNC(=O)C1CN1C(C)=O. The van der Waals surface area contributed by atoms with Crippen molar-refractivity contribution in [1.29, 1.82) is 0 Å². The number of rotatable bonds is 2. The molecule has 0 aromatic carbocycles. The first-order valence-corrected chi connectivity index (χ1v) is 3.71. The number of carbonyl (C=O) groups is 2. The molecule has 4 heteroatoms. The van der Waals surface area contributed by atoms with Gasteiger partial charge < -0.3 is 10.2 Å². The zero-order chi connectivity index (χ0) is 8.43. The summed E-state index contributed by atoms with van der Waals surface area (Å²) in [5.41, 5.74) is 0. The summed E-state index contributed by atoms with van der Waals surface area (Å²) < 4.78 is 0. The van der Waals surface area contributed by atoms with Crippen molar-refractivity contribution in [2.75, 3.05) is 13.1 Å². The second-order valence-electron chi connectivity index (χ2n) is 2.58. The van der Waals surface area contributed by atoms with Gasteiger partial charge in [0.15, 0.2) is 0 Å². The van der Waals surface area contributed by atoms with E-state index in [0.717, 1.165) is 0 Å². The molecule has 1 heterocycles. The molecule has 1 aliphatic rings. The monoisotopic (exact) mass is 156 g/mol. The Labute approximate surface area is 65.6 Å². The van der Waals surface area contributed by atoms with Crippen LogP contribution in [0, 0.1) is 0 Å². The van der Waals surface area contributed by atoms with Gasteiger partial charge in [-0.3, -0.25) is 9.59 Å². The molecule has 11 heavy (non-hydrogen) atoms. The van der Waals surface area contributed by atoms with Gasteiger partial charge in [-0.2, -0.15) is 0 Å². The Hall–Kier alpha value is -1.06. The number of amides is 2. The highest BCUT2D eigenvalue weighted by Crippen LogP contribution is 2.16. The highest BCUT2D eigenvalue weighted by molar-refractivity contribution is 5.91. The topological polar surface area (TPSA) is 49.2 Å². The van der Waals surface area contributed by atoms with Gasteiger partial charge in [0.2, 0.25) is 11.8 Å². The molecule has 4 nitrogen and oxygen atoms in total. The standard InChI is InChI=1S/C7H12N2O2/c1-3-8-7(11)6-4-9(6)5(2)10/h6H,3-4H2,1-2H3,(H,8,11). The number of likely N-dealkylation sites (N-methyl/N-ethyl adjacent to an activating group) is 1. The van der Waals surface area contributed by atoms with Crippen LogP contribution >= 0.6 is 0 Å². The maximum atomic E-state index is 11.0. The van der Waals surface area contributed by atoms with E-state index in [-0.39, 0.29) is 17.9 Å². The lowest BCUT2D eigenvalue weighted by Crippen LogP contribution is -2.30. The lowest BCUT2D eigenvalue weighted by Gasteiger charge is -1.99. The Balaban J connectivity index is 2.32. The number of nitrogens with one attached hydrogen (secondary N) is 1. The smallest absolute Gasteiger partial charge is 0.244 e. The molecule has 0 bridgehead atoms. The Bertz CT molecular complexity index is 191. The quantitative estimate of drug-likeness (QED) is 0.540. The normalized spacial score (nSPS) is 21.3. The Morgan fingerprint density at radius 3 is 2.64 bits per heavy atom.